The van der Waals surface area contributed by atoms with Crippen molar-refractivity contribution >= 4 is 38.7 Å². The van der Waals surface area contributed by atoms with E-state index < -0.39 is 29.9 Å². The number of nitrogens with zero attached hydrogens (tertiary/aromatic N) is 2. The van der Waals surface area contributed by atoms with Gasteiger partial charge < -0.3 is 30.0 Å². The van der Waals surface area contributed by atoms with Crippen LogP contribution in [-0.4, -0.2) is 52.4 Å². The number of aliphatic hydroxyl groups excluding tert-OH is 2. The van der Waals surface area contributed by atoms with Gasteiger partial charge in [0.2, 0.25) is 5.43 Å². The first-order valence-corrected chi connectivity index (χ1v) is 10.5. The summed E-state index contributed by atoms with van der Waals surface area (Å²) in [5.74, 6) is -1.49. The number of esters is 1. The molecule has 1 saturated heterocycles. The summed E-state index contributed by atoms with van der Waals surface area (Å²) in [5.41, 5.74) is 5.89. The third-order valence-corrected chi connectivity index (χ3v) is 6.45. The predicted octanol–water partition coefficient (Wildman–Crippen LogP) is 1.22. The van der Waals surface area contributed by atoms with Gasteiger partial charge in [0.15, 0.2) is 0 Å². The fourth-order valence-electron chi connectivity index (χ4n) is 4.23. The van der Waals surface area contributed by atoms with Gasteiger partial charge in [0.05, 0.1) is 42.5 Å². The van der Waals surface area contributed by atoms with Crippen molar-refractivity contribution in [1.82, 2.24) is 4.40 Å². The molecule has 0 bridgehead atoms. The summed E-state index contributed by atoms with van der Waals surface area (Å²) in [6.07, 6.45) is 2.22. The molecule has 30 heavy (non-hydrogen) atoms. The van der Waals surface area contributed by atoms with E-state index in [4.69, 9.17) is 10.5 Å². The summed E-state index contributed by atoms with van der Waals surface area (Å²) in [5, 5.41) is 21.6. The van der Waals surface area contributed by atoms with Gasteiger partial charge >= 0.3 is 5.97 Å². The number of halogens is 1. The van der Waals surface area contributed by atoms with E-state index in [1.54, 1.807) is 27.8 Å². The molecule has 0 saturated carbocycles. The van der Waals surface area contributed by atoms with Gasteiger partial charge in [0, 0.05) is 29.7 Å². The second-order valence-electron chi connectivity index (χ2n) is 7.14. The first-order chi connectivity index (χ1) is 14.4. The number of aliphatic hydroxyl groups is 2. The monoisotopic (exact) mass is 435 g/mol. The topological polar surface area (TPSA) is 118 Å². The zero-order valence-electron chi connectivity index (χ0n) is 16.3. The number of carbonyl (C=O) groups excluding carboxylic acids is 1. The number of hydrogen-bond acceptors (Lipinski definition) is 8. The molecule has 4 N–H and O–H groups in total. The molecule has 0 radical (unpaired) electrons. The molecule has 0 aliphatic carbocycles. The van der Waals surface area contributed by atoms with Crippen LogP contribution in [0.25, 0.3) is 15.7 Å². The lowest BCUT2D eigenvalue weighted by atomic mass is 10.0. The Labute approximate surface area is 174 Å². The number of hydrogen-bond donors (Lipinski definition) is 3. The minimum absolute atomic E-state index is 0.0247. The van der Waals surface area contributed by atoms with Crippen LogP contribution < -0.4 is 16.1 Å². The molecule has 4 rings (SSSR count). The normalized spacial score (nSPS) is 19.2. The molecule has 3 heterocycles. The number of nitrogens with two attached hydrogens (primary N) is 1. The van der Waals surface area contributed by atoms with Crippen LogP contribution in [0.1, 0.15) is 29.3 Å². The van der Waals surface area contributed by atoms with E-state index in [0.29, 0.717) is 23.3 Å². The summed E-state index contributed by atoms with van der Waals surface area (Å²) < 4.78 is 21.9. The van der Waals surface area contributed by atoms with Crippen LogP contribution in [0, 0.1) is 5.82 Å². The first kappa shape index (κ1) is 20.7. The Morgan fingerprint density at radius 1 is 1.43 bits per heavy atom. The van der Waals surface area contributed by atoms with Crippen molar-refractivity contribution < 1.29 is 24.1 Å². The molecule has 3 aromatic rings. The third kappa shape index (κ3) is 2.99. The van der Waals surface area contributed by atoms with Crippen LogP contribution in [0.15, 0.2) is 22.4 Å². The number of thiazole rings is 1. The summed E-state index contributed by atoms with van der Waals surface area (Å²) in [7, 11) is 0. The van der Waals surface area contributed by atoms with Gasteiger partial charge in [-0.25, -0.2) is 9.18 Å². The minimum Gasteiger partial charge on any atom is -0.462 e. The fourth-order valence-corrected chi connectivity index (χ4v) is 5.10. The largest absolute Gasteiger partial charge is 0.462 e. The zero-order valence-corrected chi connectivity index (χ0v) is 17.1. The van der Waals surface area contributed by atoms with E-state index in [9.17, 15) is 19.8 Å². The Kier molecular flexibility index (Phi) is 5.49. The maximum Gasteiger partial charge on any atom is 0.345 e. The van der Waals surface area contributed by atoms with Gasteiger partial charge in [-0.05, 0) is 19.4 Å². The van der Waals surface area contributed by atoms with Gasteiger partial charge in [0.1, 0.15) is 16.2 Å². The summed E-state index contributed by atoms with van der Waals surface area (Å²) in [6.45, 7) is 1.34. The number of rotatable bonds is 5. The average molecular weight is 435 g/mol. The summed E-state index contributed by atoms with van der Waals surface area (Å²) in [4.78, 5) is 27.6. The standard InChI is InChI=1S/C20H22FN3O5S/c1-2-29-20(28)15-18(27)10-7-12(21)17(23-4-3-13(22)14(23)9-26)11(8-25)16(10)24-5-6-30-19(15)24/h5-7,13-14,25-26H,2-4,8-9,22H2,1H3/t13-,14-/m1/s1. The Balaban J connectivity index is 2.08. The quantitative estimate of drug-likeness (QED) is 0.516. The predicted molar refractivity (Wildman–Crippen MR) is 112 cm³/mol. The van der Waals surface area contributed by atoms with Crippen molar-refractivity contribution in [3.63, 3.8) is 0 Å². The van der Waals surface area contributed by atoms with Crippen LogP contribution in [0.2, 0.25) is 0 Å². The smallest absolute Gasteiger partial charge is 0.345 e. The van der Waals surface area contributed by atoms with E-state index in [-0.39, 0.29) is 41.5 Å². The molecule has 1 aliphatic heterocycles. The lowest BCUT2D eigenvalue weighted by molar-refractivity contribution is 0.0527. The molecular formula is C20H22FN3O5S. The molecule has 2 aromatic heterocycles. The Bertz CT molecular complexity index is 1190. The van der Waals surface area contributed by atoms with Crippen LogP contribution in [-0.2, 0) is 11.3 Å². The molecular weight excluding hydrogens is 413 g/mol. The first-order valence-electron chi connectivity index (χ1n) is 9.62. The molecule has 1 aliphatic rings. The Morgan fingerprint density at radius 3 is 2.87 bits per heavy atom. The SMILES string of the molecule is CCOC(=O)c1c(=O)c2cc(F)c(N3CC[C@@H](N)[C@H]3CO)c(CO)c2n2ccsc12. The maximum atomic E-state index is 15.3. The number of anilines is 1. The lowest BCUT2D eigenvalue weighted by Gasteiger charge is -2.30. The number of aromatic nitrogens is 1. The van der Waals surface area contributed by atoms with E-state index in [2.05, 4.69) is 0 Å². The van der Waals surface area contributed by atoms with Crippen LogP contribution in [0.3, 0.4) is 0 Å². The zero-order chi connectivity index (χ0) is 21.6. The number of pyridine rings is 1. The van der Waals surface area contributed by atoms with Crippen LogP contribution >= 0.6 is 11.3 Å². The highest BCUT2D eigenvalue weighted by Crippen LogP contribution is 2.36. The molecule has 0 unspecified atom stereocenters. The molecule has 0 amide bonds. The maximum absolute atomic E-state index is 15.3. The molecule has 1 fully saturated rings. The van der Waals surface area contributed by atoms with E-state index in [1.807, 2.05) is 0 Å². The number of ether oxygens (including phenoxy) is 1. The Morgan fingerprint density at radius 2 is 2.20 bits per heavy atom. The fraction of sp³-hybridized carbons (Fsp3) is 0.400. The lowest BCUT2D eigenvalue weighted by Crippen LogP contribution is -2.43. The molecule has 0 spiro atoms. The van der Waals surface area contributed by atoms with Crippen molar-refractivity contribution in [2.75, 3.05) is 24.7 Å². The molecule has 10 heteroatoms. The van der Waals surface area contributed by atoms with E-state index in [1.165, 1.54) is 11.3 Å². The van der Waals surface area contributed by atoms with Gasteiger partial charge in [-0.2, -0.15) is 0 Å². The van der Waals surface area contributed by atoms with E-state index in [0.717, 1.165) is 6.07 Å². The average Bonchev–Trinajstić information content (AvgIpc) is 3.33. The van der Waals surface area contributed by atoms with Crippen molar-refractivity contribution in [1.29, 1.82) is 0 Å². The second kappa shape index (κ2) is 7.95. The van der Waals surface area contributed by atoms with Crippen molar-refractivity contribution in [2.24, 2.45) is 5.73 Å². The summed E-state index contributed by atoms with van der Waals surface area (Å²) >= 11 is 1.18. The van der Waals surface area contributed by atoms with Crippen molar-refractivity contribution in [3.8, 4) is 0 Å². The van der Waals surface area contributed by atoms with Crippen LogP contribution in [0.5, 0.6) is 0 Å². The number of fused-ring (bicyclic) bond motifs is 3. The molecule has 8 nitrogen and oxygen atoms in total. The third-order valence-electron chi connectivity index (χ3n) is 5.57. The molecule has 2 atom stereocenters. The van der Waals surface area contributed by atoms with Crippen LogP contribution in [0.4, 0.5) is 10.1 Å². The van der Waals surface area contributed by atoms with Gasteiger partial charge in [-0.1, -0.05) is 0 Å². The van der Waals surface area contributed by atoms with Gasteiger partial charge in [-0.3, -0.25) is 4.79 Å². The van der Waals surface area contributed by atoms with Gasteiger partial charge in [0.25, 0.3) is 0 Å². The number of carbonyl (C=O) groups is 1. The molecule has 1 aromatic carbocycles. The van der Waals surface area contributed by atoms with Crippen molar-refractivity contribution in [3.05, 3.63) is 44.8 Å². The Hall–Kier alpha value is -2.53. The van der Waals surface area contributed by atoms with E-state index >= 15 is 4.39 Å². The van der Waals surface area contributed by atoms with Crippen molar-refractivity contribution in [2.45, 2.75) is 32.0 Å². The highest BCUT2D eigenvalue weighted by atomic mass is 32.1. The highest BCUT2D eigenvalue weighted by Gasteiger charge is 2.35. The summed E-state index contributed by atoms with van der Waals surface area (Å²) in [6, 6.07) is 0.236. The number of benzene rings is 1. The molecule has 160 valence electrons. The van der Waals surface area contributed by atoms with Gasteiger partial charge in [-0.15, -0.1) is 11.3 Å². The second-order valence-corrected chi connectivity index (χ2v) is 8.03. The highest BCUT2D eigenvalue weighted by molar-refractivity contribution is 7.16. The minimum atomic E-state index is -0.773.